The lowest BCUT2D eigenvalue weighted by molar-refractivity contribution is -0.278. The average molecular weight is 174 g/mol. The number of rotatable bonds is 3. The zero-order chi connectivity index (χ0) is 9.07. The number of aliphatic hydroxyl groups excluding tert-OH is 1. The second-order valence-electron chi connectivity index (χ2n) is 1.83. The fourth-order valence-corrected chi connectivity index (χ4v) is 0.508. The first kappa shape index (κ1) is 10.7. The highest BCUT2D eigenvalue weighted by molar-refractivity contribution is 4.68. The Balaban J connectivity index is 4.09. The van der Waals surface area contributed by atoms with E-state index < -0.39 is 18.6 Å². The molecule has 0 aromatic heterocycles. The summed E-state index contributed by atoms with van der Waals surface area (Å²) in [7, 11) is 2.03. The molecule has 0 aliphatic carbocycles. The molecule has 0 saturated carbocycles. The largest absolute Gasteiger partial charge is 0.419 e. The molecule has 0 bridgehead atoms. The Kier molecular flexibility index (Phi) is 3.77. The number of methoxy groups -OCH3 is 2. The van der Waals surface area contributed by atoms with Crippen LogP contribution in [0.3, 0.4) is 0 Å². The molecule has 0 aromatic carbocycles. The fraction of sp³-hybridized carbons (Fsp3) is 1.00. The van der Waals surface area contributed by atoms with Crippen molar-refractivity contribution >= 4 is 0 Å². The van der Waals surface area contributed by atoms with Crippen molar-refractivity contribution in [2.24, 2.45) is 0 Å². The van der Waals surface area contributed by atoms with Crippen LogP contribution in [-0.2, 0) is 9.47 Å². The van der Waals surface area contributed by atoms with Crippen LogP contribution in [0.5, 0.6) is 0 Å². The molecule has 1 unspecified atom stereocenters. The molecule has 6 heteroatoms. The van der Waals surface area contributed by atoms with E-state index in [1.54, 1.807) is 0 Å². The summed E-state index contributed by atoms with van der Waals surface area (Å²) >= 11 is 0. The maximum absolute atomic E-state index is 11.7. The third-order valence-electron chi connectivity index (χ3n) is 1.06. The molecular formula is C5H9F3O3. The standard InChI is InChI=1S/C5H9F3O3/c1-10-4(11-2)3(9)5(6,7)8/h3-4,9H,1-2H3. The van der Waals surface area contributed by atoms with Gasteiger partial charge in [-0.1, -0.05) is 0 Å². The summed E-state index contributed by atoms with van der Waals surface area (Å²) in [6.45, 7) is 0. The molecule has 0 fully saturated rings. The maximum Gasteiger partial charge on any atom is 0.419 e. The van der Waals surface area contributed by atoms with Crippen molar-refractivity contribution in [2.75, 3.05) is 14.2 Å². The third kappa shape index (κ3) is 3.04. The zero-order valence-electron chi connectivity index (χ0n) is 6.05. The minimum atomic E-state index is -4.71. The smallest absolute Gasteiger partial charge is 0.380 e. The normalized spacial score (nSPS) is 15.5. The Labute approximate surface area is 61.7 Å². The van der Waals surface area contributed by atoms with Gasteiger partial charge in [0.25, 0.3) is 0 Å². The topological polar surface area (TPSA) is 38.7 Å². The number of ether oxygens (including phenoxy) is 2. The van der Waals surface area contributed by atoms with Crippen LogP contribution >= 0.6 is 0 Å². The van der Waals surface area contributed by atoms with E-state index in [0.29, 0.717) is 0 Å². The minimum absolute atomic E-state index is 1.02. The molecule has 0 amide bonds. The van der Waals surface area contributed by atoms with Gasteiger partial charge in [-0.05, 0) is 0 Å². The Morgan fingerprint density at radius 2 is 1.55 bits per heavy atom. The lowest BCUT2D eigenvalue weighted by Crippen LogP contribution is -2.41. The van der Waals surface area contributed by atoms with Gasteiger partial charge >= 0.3 is 6.18 Å². The van der Waals surface area contributed by atoms with Crippen LogP contribution in [0.25, 0.3) is 0 Å². The highest BCUT2D eigenvalue weighted by atomic mass is 19.4. The number of hydrogen-bond donors (Lipinski definition) is 1. The van der Waals surface area contributed by atoms with Gasteiger partial charge in [-0.25, -0.2) is 0 Å². The van der Waals surface area contributed by atoms with E-state index in [4.69, 9.17) is 5.11 Å². The van der Waals surface area contributed by atoms with E-state index in [2.05, 4.69) is 9.47 Å². The van der Waals surface area contributed by atoms with Crippen LogP contribution in [0.4, 0.5) is 13.2 Å². The summed E-state index contributed by atoms with van der Waals surface area (Å²) < 4.78 is 43.4. The summed E-state index contributed by atoms with van der Waals surface area (Å²) in [5.74, 6) is 0. The molecule has 68 valence electrons. The van der Waals surface area contributed by atoms with Crippen molar-refractivity contribution in [1.82, 2.24) is 0 Å². The zero-order valence-corrected chi connectivity index (χ0v) is 6.05. The molecule has 0 aliphatic rings. The number of halogens is 3. The van der Waals surface area contributed by atoms with E-state index in [9.17, 15) is 13.2 Å². The monoisotopic (exact) mass is 174 g/mol. The van der Waals surface area contributed by atoms with Crippen molar-refractivity contribution in [2.45, 2.75) is 18.6 Å². The van der Waals surface area contributed by atoms with Crippen molar-refractivity contribution in [3.05, 3.63) is 0 Å². The van der Waals surface area contributed by atoms with E-state index in [1.807, 2.05) is 0 Å². The van der Waals surface area contributed by atoms with Gasteiger partial charge in [0, 0.05) is 14.2 Å². The highest BCUT2D eigenvalue weighted by Crippen LogP contribution is 2.23. The Bertz CT molecular complexity index is 110. The summed E-state index contributed by atoms with van der Waals surface area (Å²) in [5.41, 5.74) is 0. The maximum atomic E-state index is 11.7. The Morgan fingerprint density at radius 3 is 1.64 bits per heavy atom. The Morgan fingerprint density at radius 1 is 1.18 bits per heavy atom. The molecule has 1 atom stereocenters. The summed E-state index contributed by atoms with van der Waals surface area (Å²) in [6, 6.07) is 0. The summed E-state index contributed by atoms with van der Waals surface area (Å²) in [5, 5.41) is 8.47. The molecule has 0 heterocycles. The second-order valence-corrected chi connectivity index (χ2v) is 1.83. The molecule has 0 radical (unpaired) electrons. The van der Waals surface area contributed by atoms with Gasteiger partial charge in [-0.15, -0.1) is 0 Å². The van der Waals surface area contributed by atoms with E-state index in [0.717, 1.165) is 14.2 Å². The molecule has 0 spiro atoms. The van der Waals surface area contributed by atoms with Crippen molar-refractivity contribution < 1.29 is 27.8 Å². The molecule has 3 nitrogen and oxygen atoms in total. The van der Waals surface area contributed by atoms with Crippen LogP contribution in [0, 0.1) is 0 Å². The lowest BCUT2D eigenvalue weighted by atomic mass is 10.3. The first-order chi connectivity index (χ1) is 4.93. The summed E-state index contributed by atoms with van der Waals surface area (Å²) in [4.78, 5) is 0. The lowest BCUT2D eigenvalue weighted by Gasteiger charge is -2.21. The van der Waals surface area contributed by atoms with Crippen molar-refractivity contribution in [3.63, 3.8) is 0 Å². The van der Waals surface area contributed by atoms with Gasteiger partial charge in [-0.3, -0.25) is 0 Å². The average Bonchev–Trinajstić information content (AvgIpc) is 1.88. The molecule has 0 saturated heterocycles. The SMILES string of the molecule is COC(OC)C(O)C(F)(F)F. The first-order valence-electron chi connectivity index (χ1n) is 2.74. The molecule has 11 heavy (non-hydrogen) atoms. The van der Waals surface area contributed by atoms with Crippen molar-refractivity contribution in [3.8, 4) is 0 Å². The van der Waals surface area contributed by atoms with Gasteiger partial charge in [0.1, 0.15) is 0 Å². The minimum Gasteiger partial charge on any atom is -0.380 e. The molecule has 0 rings (SSSR count). The predicted octanol–water partition coefficient (Wildman–Crippen LogP) is 0.528. The van der Waals surface area contributed by atoms with Gasteiger partial charge in [-0.2, -0.15) is 13.2 Å². The summed E-state index contributed by atoms with van der Waals surface area (Å²) in [6.07, 6.45) is -8.97. The molecule has 0 aliphatic heterocycles. The van der Waals surface area contributed by atoms with Crippen LogP contribution < -0.4 is 0 Å². The molecule has 1 N–H and O–H groups in total. The van der Waals surface area contributed by atoms with Gasteiger partial charge in [0.15, 0.2) is 6.29 Å². The molecule has 0 aromatic rings. The van der Waals surface area contributed by atoms with Crippen molar-refractivity contribution in [1.29, 1.82) is 0 Å². The second kappa shape index (κ2) is 3.89. The van der Waals surface area contributed by atoms with Crippen LogP contribution in [0.15, 0.2) is 0 Å². The number of alkyl halides is 3. The quantitative estimate of drug-likeness (QED) is 0.634. The van der Waals surface area contributed by atoms with Gasteiger partial charge < -0.3 is 14.6 Å². The van der Waals surface area contributed by atoms with Gasteiger partial charge in [0.2, 0.25) is 6.10 Å². The fourth-order valence-electron chi connectivity index (χ4n) is 0.508. The molecular weight excluding hydrogens is 165 g/mol. The van der Waals surface area contributed by atoms with Crippen LogP contribution in [0.2, 0.25) is 0 Å². The third-order valence-corrected chi connectivity index (χ3v) is 1.06. The van der Waals surface area contributed by atoms with Gasteiger partial charge in [0.05, 0.1) is 0 Å². The van der Waals surface area contributed by atoms with Crippen LogP contribution in [0.1, 0.15) is 0 Å². The first-order valence-corrected chi connectivity index (χ1v) is 2.74. The van der Waals surface area contributed by atoms with Crippen LogP contribution in [-0.4, -0.2) is 37.9 Å². The number of aliphatic hydroxyl groups is 1. The van der Waals surface area contributed by atoms with E-state index in [1.165, 1.54) is 0 Å². The highest BCUT2D eigenvalue weighted by Gasteiger charge is 2.44. The van der Waals surface area contributed by atoms with E-state index >= 15 is 0 Å². The number of hydrogen-bond acceptors (Lipinski definition) is 3. The predicted molar refractivity (Wildman–Crippen MR) is 29.9 cm³/mol. The van der Waals surface area contributed by atoms with E-state index in [-0.39, 0.29) is 0 Å². The Hall–Kier alpha value is -0.330.